The molecule has 4 heteroatoms. The monoisotopic (exact) mass is 366 g/mol. The number of phenols is 3. The van der Waals surface area contributed by atoms with Crippen molar-refractivity contribution in [2.45, 2.75) is 26.2 Å². The van der Waals surface area contributed by atoms with Gasteiger partial charge in [-0.2, -0.15) is 0 Å². The van der Waals surface area contributed by atoms with E-state index >= 15 is 0 Å². The summed E-state index contributed by atoms with van der Waals surface area (Å²) in [5, 5.41) is 27.5. The first-order chi connectivity index (χ1) is 12.8. The number of benzene rings is 3. The Hall–Kier alpha value is -3.27. The number of para-hydroxylation sites is 1. The van der Waals surface area contributed by atoms with Gasteiger partial charge in [0, 0.05) is 5.41 Å². The van der Waals surface area contributed by atoms with Crippen molar-refractivity contribution in [3.05, 3.63) is 89.5 Å². The lowest BCUT2D eigenvalue weighted by Gasteiger charge is -2.26. The third kappa shape index (κ3) is 6.19. The van der Waals surface area contributed by atoms with Crippen molar-refractivity contribution < 1.29 is 20.1 Å². The maximum absolute atomic E-state index is 9.30. The smallest absolute Gasteiger partial charge is 0.118 e. The Morgan fingerprint density at radius 3 is 1.33 bits per heavy atom. The van der Waals surface area contributed by atoms with Crippen LogP contribution in [0.5, 0.6) is 17.2 Å². The predicted octanol–water partition coefficient (Wildman–Crippen LogP) is 4.94. The Bertz CT molecular complexity index is 753. The second-order valence-corrected chi connectivity index (χ2v) is 6.51. The summed E-state index contributed by atoms with van der Waals surface area (Å²) in [5.41, 5.74) is 3.02. The lowest BCUT2D eigenvalue weighted by atomic mass is 9.78. The first-order valence-electron chi connectivity index (χ1n) is 8.43. The summed E-state index contributed by atoms with van der Waals surface area (Å²) in [5.74, 6) is 0.915. The number of aryl methyl sites for hydroxylation is 1. The Morgan fingerprint density at radius 1 is 0.667 bits per heavy atom. The van der Waals surface area contributed by atoms with Gasteiger partial charge in [0.2, 0.25) is 0 Å². The molecule has 0 bridgehead atoms. The maximum Gasteiger partial charge on any atom is 0.118 e. The summed E-state index contributed by atoms with van der Waals surface area (Å²) in [6, 6.07) is 21.7. The molecule has 3 rings (SSSR count). The molecule has 0 aliphatic carbocycles. The second-order valence-electron chi connectivity index (χ2n) is 6.51. The zero-order chi connectivity index (χ0) is 20.4. The fraction of sp³-hybridized carbons (Fsp3) is 0.174. The number of aromatic hydroxyl groups is 3. The van der Waals surface area contributed by atoms with E-state index in [0.29, 0.717) is 5.75 Å². The highest BCUT2D eigenvalue weighted by Crippen LogP contribution is 2.32. The molecule has 4 nitrogen and oxygen atoms in total. The van der Waals surface area contributed by atoms with Crippen molar-refractivity contribution in [2.75, 3.05) is 0 Å². The summed E-state index contributed by atoms with van der Waals surface area (Å²) in [7, 11) is 0. The van der Waals surface area contributed by atoms with Gasteiger partial charge in [0.1, 0.15) is 24.0 Å². The van der Waals surface area contributed by atoms with Crippen molar-refractivity contribution in [1.82, 2.24) is 0 Å². The SMILES string of the molecule is C=O.CC(C)(c1ccc(O)cc1)c1ccc(O)cc1.Cc1ccccc1O. The van der Waals surface area contributed by atoms with Crippen LogP contribution in [-0.4, -0.2) is 22.1 Å². The van der Waals surface area contributed by atoms with E-state index in [1.54, 1.807) is 30.3 Å². The van der Waals surface area contributed by atoms with Gasteiger partial charge in [-0.3, -0.25) is 0 Å². The average molecular weight is 366 g/mol. The topological polar surface area (TPSA) is 77.8 Å². The molecule has 3 N–H and O–H groups in total. The zero-order valence-corrected chi connectivity index (χ0v) is 15.9. The van der Waals surface area contributed by atoms with Gasteiger partial charge < -0.3 is 20.1 Å². The number of carbonyl (C=O) groups excluding carboxylic acids is 1. The van der Waals surface area contributed by atoms with Crippen LogP contribution in [0.15, 0.2) is 72.8 Å². The van der Waals surface area contributed by atoms with Gasteiger partial charge >= 0.3 is 0 Å². The van der Waals surface area contributed by atoms with Crippen molar-refractivity contribution >= 4 is 6.79 Å². The van der Waals surface area contributed by atoms with Crippen LogP contribution in [0.25, 0.3) is 0 Å². The van der Waals surface area contributed by atoms with Crippen LogP contribution in [-0.2, 0) is 10.2 Å². The second kappa shape index (κ2) is 10.0. The molecule has 0 aliphatic heterocycles. The third-order valence-electron chi connectivity index (χ3n) is 4.29. The number of rotatable bonds is 2. The van der Waals surface area contributed by atoms with Crippen molar-refractivity contribution in [3.63, 3.8) is 0 Å². The summed E-state index contributed by atoms with van der Waals surface area (Å²) >= 11 is 0. The first kappa shape index (κ1) is 21.8. The third-order valence-corrected chi connectivity index (χ3v) is 4.29. The number of hydrogen-bond donors (Lipinski definition) is 3. The molecule has 0 fully saturated rings. The molecule has 0 aromatic heterocycles. The molecular formula is C23H26O4. The van der Waals surface area contributed by atoms with E-state index in [2.05, 4.69) is 13.8 Å². The first-order valence-corrected chi connectivity index (χ1v) is 8.43. The molecule has 0 saturated carbocycles. The molecule has 0 spiro atoms. The minimum atomic E-state index is -0.151. The molecule has 0 radical (unpaired) electrons. The number of hydrogen-bond acceptors (Lipinski definition) is 4. The fourth-order valence-electron chi connectivity index (χ4n) is 2.49. The van der Waals surface area contributed by atoms with E-state index in [-0.39, 0.29) is 16.9 Å². The van der Waals surface area contributed by atoms with Crippen LogP contribution in [0, 0.1) is 6.92 Å². The van der Waals surface area contributed by atoms with Gasteiger partial charge in [-0.15, -0.1) is 0 Å². The highest BCUT2D eigenvalue weighted by molar-refractivity contribution is 5.41. The van der Waals surface area contributed by atoms with E-state index in [1.165, 1.54) is 0 Å². The average Bonchev–Trinajstić information content (AvgIpc) is 2.67. The van der Waals surface area contributed by atoms with Crippen LogP contribution in [0.4, 0.5) is 0 Å². The molecule has 3 aromatic rings. The van der Waals surface area contributed by atoms with Gasteiger partial charge in [-0.1, -0.05) is 56.3 Å². The van der Waals surface area contributed by atoms with Crippen LogP contribution >= 0.6 is 0 Å². The molecule has 0 heterocycles. The standard InChI is InChI=1S/C15H16O2.C7H8O.CH2O/c1-15(2,11-3-7-13(16)8-4-11)12-5-9-14(17)10-6-12;1-6-4-2-3-5-7(6)8;1-2/h3-10,16-17H,1-2H3;2-5,8H,1H3;1H2. The summed E-state index contributed by atoms with van der Waals surface area (Å²) in [6.45, 7) is 8.10. The fourth-order valence-corrected chi connectivity index (χ4v) is 2.49. The van der Waals surface area contributed by atoms with E-state index in [1.807, 2.05) is 56.2 Å². The minimum absolute atomic E-state index is 0.151. The Labute approximate surface area is 160 Å². The number of phenolic OH excluding ortho intramolecular Hbond substituents is 3. The highest BCUT2D eigenvalue weighted by Gasteiger charge is 2.22. The quantitative estimate of drug-likeness (QED) is 0.600. The van der Waals surface area contributed by atoms with Gasteiger partial charge in [-0.25, -0.2) is 0 Å². The van der Waals surface area contributed by atoms with E-state index in [4.69, 9.17) is 9.90 Å². The molecule has 0 aliphatic rings. The highest BCUT2D eigenvalue weighted by atomic mass is 16.3. The molecule has 3 aromatic carbocycles. The van der Waals surface area contributed by atoms with Gasteiger partial charge in [0.15, 0.2) is 0 Å². The van der Waals surface area contributed by atoms with Crippen LogP contribution in [0.2, 0.25) is 0 Å². The van der Waals surface area contributed by atoms with Crippen molar-refractivity contribution in [3.8, 4) is 17.2 Å². The summed E-state index contributed by atoms with van der Waals surface area (Å²) < 4.78 is 0. The Balaban J connectivity index is 0.000000305. The Morgan fingerprint density at radius 2 is 1.04 bits per heavy atom. The molecule has 0 saturated heterocycles. The minimum Gasteiger partial charge on any atom is -0.508 e. The van der Waals surface area contributed by atoms with Crippen molar-refractivity contribution in [2.24, 2.45) is 0 Å². The maximum atomic E-state index is 9.30. The zero-order valence-electron chi connectivity index (χ0n) is 15.9. The van der Waals surface area contributed by atoms with E-state index < -0.39 is 0 Å². The van der Waals surface area contributed by atoms with Gasteiger partial charge in [0.25, 0.3) is 0 Å². The Kier molecular flexibility index (Phi) is 8.08. The molecule has 0 unspecified atom stereocenters. The molecular weight excluding hydrogens is 340 g/mol. The van der Waals surface area contributed by atoms with Crippen molar-refractivity contribution in [1.29, 1.82) is 0 Å². The predicted molar refractivity (Wildman–Crippen MR) is 108 cm³/mol. The van der Waals surface area contributed by atoms with Crippen LogP contribution in [0.3, 0.4) is 0 Å². The summed E-state index contributed by atoms with van der Waals surface area (Å²) in [4.78, 5) is 8.00. The van der Waals surface area contributed by atoms with Crippen LogP contribution in [0.1, 0.15) is 30.5 Å². The largest absolute Gasteiger partial charge is 0.508 e. The van der Waals surface area contributed by atoms with Gasteiger partial charge in [-0.05, 0) is 53.9 Å². The molecule has 0 atom stereocenters. The normalized spacial score (nSPS) is 10.0. The lowest BCUT2D eigenvalue weighted by Crippen LogP contribution is -2.18. The van der Waals surface area contributed by atoms with E-state index in [0.717, 1.165) is 16.7 Å². The molecule has 142 valence electrons. The summed E-state index contributed by atoms with van der Waals surface area (Å²) in [6.07, 6.45) is 0. The lowest BCUT2D eigenvalue weighted by molar-refractivity contribution is -0.0979. The van der Waals surface area contributed by atoms with E-state index in [9.17, 15) is 10.2 Å². The molecule has 27 heavy (non-hydrogen) atoms. The van der Waals surface area contributed by atoms with Crippen LogP contribution < -0.4 is 0 Å². The molecule has 0 amide bonds. The van der Waals surface area contributed by atoms with Gasteiger partial charge in [0.05, 0.1) is 0 Å². The number of carbonyl (C=O) groups is 1.